The first-order valence-electron chi connectivity index (χ1n) is 14.7. The normalized spacial score (nSPS) is 15.0. The average Bonchev–Trinajstić information content (AvgIpc) is 3.55. The van der Waals surface area contributed by atoms with Crippen molar-refractivity contribution in [1.29, 1.82) is 0 Å². The van der Waals surface area contributed by atoms with Gasteiger partial charge in [0.25, 0.3) is 0 Å². The molecule has 0 aliphatic carbocycles. The molecule has 4 amide bonds. The number of carbonyl (C=O) groups excluding carboxylic acids is 4. The van der Waals surface area contributed by atoms with Crippen molar-refractivity contribution in [2.24, 2.45) is 0 Å². The third-order valence-electron chi connectivity index (χ3n) is 7.86. The topological polar surface area (TPSA) is 108 Å². The van der Waals surface area contributed by atoms with Crippen LogP contribution in [0.4, 0.5) is 10.5 Å². The fourth-order valence-corrected chi connectivity index (χ4v) is 5.59. The van der Waals surface area contributed by atoms with Gasteiger partial charge in [-0.2, -0.15) is 0 Å². The van der Waals surface area contributed by atoms with Crippen LogP contribution in [0.3, 0.4) is 0 Å². The predicted octanol–water partition coefficient (Wildman–Crippen LogP) is 5.01. The summed E-state index contributed by atoms with van der Waals surface area (Å²) in [5.74, 6) is -1.11. The first-order chi connectivity index (χ1) is 21.3. The molecule has 1 aliphatic rings. The van der Waals surface area contributed by atoms with Crippen molar-refractivity contribution in [2.75, 3.05) is 26.0 Å². The van der Waals surface area contributed by atoms with Crippen LogP contribution >= 0.6 is 0 Å². The van der Waals surface area contributed by atoms with E-state index in [2.05, 4.69) is 10.6 Å². The molecule has 2 atom stereocenters. The van der Waals surface area contributed by atoms with Gasteiger partial charge in [-0.25, -0.2) is 9.59 Å². The lowest BCUT2D eigenvalue weighted by Gasteiger charge is -2.29. The van der Waals surface area contributed by atoms with E-state index in [4.69, 9.17) is 4.74 Å². The van der Waals surface area contributed by atoms with Crippen molar-refractivity contribution >= 4 is 40.3 Å². The monoisotopic (exact) mass is 592 g/mol. The minimum absolute atomic E-state index is 0.219. The van der Waals surface area contributed by atoms with Gasteiger partial charge in [-0.1, -0.05) is 78.9 Å². The first-order valence-corrected chi connectivity index (χ1v) is 14.7. The lowest BCUT2D eigenvalue weighted by atomic mass is 10.00. The Morgan fingerprint density at radius 2 is 1.64 bits per heavy atom. The fourth-order valence-electron chi connectivity index (χ4n) is 5.59. The molecule has 1 heterocycles. The maximum absolute atomic E-state index is 13.8. The van der Waals surface area contributed by atoms with E-state index in [9.17, 15) is 19.2 Å². The third kappa shape index (κ3) is 7.23. The number of rotatable bonds is 9. The molecule has 0 bridgehead atoms. The molecule has 9 nitrogen and oxygen atoms in total. The van der Waals surface area contributed by atoms with Crippen LogP contribution in [-0.2, 0) is 27.3 Å². The summed E-state index contributed by atoms with van der Waals surface area (Å²) >= 11 is 0. The molecule has 0 aromatic heterocycles. The average molecular weight is 593 g/mol. The summed E-state index contributed by atoms with van der Waals surface area (Å²) in [6.07, 6.45) is 1.41. The number of benzene rings is 4. The number of hydrogen-bond donors (Lipinski definition) is 2. The number of nitrogens with one attached hydrogen (secondary N) is 2. The van der Waals surface area contributed by atoms with Gasteiger partial charge in [0, 0.05) is 32.2 Å². The Kier molecular flexibility index (Phi) is 9.54. The van der Waals surface area contributed by atoms with E-state index in [-0.39, 0.29) is 11.8 Å². The van der Waals surface area contributed by atoms with Gasteiger partial charge in [-0.05, 0) is 52.9 Å². The molecule has 2 N–H and O–H groups in total. The number of hydrogen-bond acceptors (Lipinski definition) is 5. The van der Waals surface area contributed by atoms with Crippen LogP contribution in [0.15, 0.2) is 97.1 Å². The van der Waals surface area contributed by atoms with Crippen LogP contribution in [0.25, 0.3) is 10.8 Å². The molecule has 4 aromatic rings. The molecule has 0 unspecified atom stereocenters. The highest BCUT2D eigenvalue weighted by Crippen LogP contribution is 2.22. The van der Waals surface area contributed by atoms with Gasteiger partial charge in [-0.15, -0.1) is 0 Å². The van der Waals surface area contributed by atoms with Crippen molar-refractivity contribution in [2.45, 2.75) is 37.9 Å². The fraction of sp³-hybridized carbons (Fsp3) is 0.257. The SMILES string of the molecule is COC(=O)c1cccc(NC(=O)N2CCC[C@H]2C(=O)N[C@@H](Cc2ccc3ccccc3c2)C(=O)N(C)Cc2ccccc2)c1. The molecule has 1 aliphatic heterocycles. The molecule has 1 saturated heterocycles. The van der Waals surface area contributed by atoms with Crippen molar-refractivity contribution < 1.29 is 23.9 Å². The second-order valence-electron chi connectivity index (χ2n) is 11.0. The third-order valence-corrected chi connectivity index (χ3v) is 7.86. The van der Waals surface area contributed by atoms with Gasteiger partial charge >= 0.3 is 12.0 Å². The maximum Gasteiger partial charge on any atom is 0.337 e. The van der Waals surface area contributed by atoms with E-state index in [0.717, 1.165) is 21.9 Å². The highest BCUT2D eigenvalue weighted by atomic mass is 16.5. The maximum atomic E-state index is 13.8. The number of nitrogens with zero attached hydrogens (tertiary/aromatic N) is 2. The van der Waals surface area contributed by atoms with Crippen LogP contribution < -0.4 is 10.6 Å². The van der Waals surface area contributed by atoms with Crippen molar-refractivity contribution in [3.63, 3.8) is 0 Å². The number of amides is 4. The van der Waals surface area contributed by atoms with E-state index in [1.54, 1.807) is 30.1 Å². The zero-order valence-corrected chi connectivity index (χ0v) is 24.9. The van der Waals surface area contributed by atoms with Crippen molar-refractivity contribution in [3.05, 3.63) is 114 Å². The van der Waals surface area contributed by atoms with Gasteiger partial charge in [0.1, 0.15) is 12.1 Å². The summed E-state index contributed by atoms with van der Waals surface area (Å²) in [6, 6.07) is 28.1. The van der Waals surface area contributed by atoms with Gasteiger partial charge in [0.2, 0.25) is 11.8 Å². The molecule has 0 radical (unpaired) electrons. The van der Waals surface area contributed by atoms with Crippen LogP contribution in [0, 0.1) is 0 Å². The molecule has 1 fully saturated rings. The molecule has 0 spiro atoms. The lowest BCUT2D eigenvalue weighted by Crippen LogP contribution is -2.54. The largest absolute Gasteiger partial charge is 0.465 e. The minimum Gasteiger partial charge on any atom is -0.465 e. The minimum atomic E-state index is -0.834. The molecule has 9 heteroatoms. The summed E-state index contributed by atoms with van der Waals surface area (Å²) in [6.45, 7) is 0.782. The number of likely N-dealkylation sites (tertiary alicyclic amines) is 1. The molecule has 0 saturated carbocycles. The second kappa shape index (κ2) is 13.9. The number of urea groups is 1. The van der Waals surface area contributed by atoms with Crippen LogP contribution in [0.1, 0.15) is 34.3 Å². The molecule has 5 rings (SSSR count). The number of carbonyl (C=O) groups is 4. The number of ether oxygens (including phenoxy) is 1. The Balaban J connectivity index is 1.33. The zero-order valence-electron chi connectivity index (χ0n) is 24.9. The number of likely N-dealkylation sites (N-methyl/N-ethyl adjacent to an activating group) is 1. The summed E-state index contributed by atoms with van der Waals surface area (Å²) in [7, 11) is 3.02. The van der Waals surface area contributed by atoms with E-state index in [1.807, 2.05) is 72.8 Å². The quantitative estimate of drug-likeness (QED) is 0.266. The predicted molar refractivity (Wildman–Crippen MR) is 169 cm³/mol. The van der Waals surface area contributed by atoms with Crippen LogP contribution in [0.5, 0.6) is 0 Å². The Bertz CT molecular complexity index is 1660. The van der Waals surface area contributed by atoms with Crippen LogP contribution in [-0.4, -0.2) is 66.4 Å². The van der Waals surface area contributed by atoms with E-state index >= 15 is 0 Å². The van der Waals surface area contributed by atoms with Crippen molar-refractivity contribution in [1.82, 2.24) is 15.1 Å². The van der Waals surface area contributed by atoms with E-state index < -0.39 is 24.1 Å². The summed E-state index contributed by atoms with van der Waals surface area (Å²) in [4.78, 5) is 55.8. The summed E-state index contributed by atoms with van der Waals surface area (Å²) in [5, 5.41) is 7.92. The highest BCUT2D eigenvalue weighted by molar-refractivity contribution is 5.97. The zero-order chi connectivity index (χ0) is 31.1. The second-order valence-corrected chi connectivity index (χ2v) is 11.0. The molecule has 4 aromatic carbocycles. The number of anilines is 1. The number of esters is 1. The van der Waals surface area contributed by atoms with E-state index in [0.29, 0.717) is 43.6 Å². The van der Waals surface area contributed by atoms with Gasteiger partial charge < -0.3 is 25.2 Å². The van der Waals surface area contributed by atoms with Gasteiger partial charge in [0.05, 0.1) is 12.7 Å². The smallest absolute Gasteiger partial charge is 0.337 e. The van der Waals surface area contributed by atoms with E-state index in [1.165, 1.54) is 18.1 Å². The van der Waals surface area contributed by atoms with Gasteiger partial charge in [-0.3, -0.25) is 9.59 Å². The Morgan fingerprint density at radius 3 is 2.41 bits per heavy atom. The first kappa shape index (κ1) is 30.3. The summed E-state index contributed by atoms with van der Waals surface area (Å²) in [5.41, 5.74) is 2.61. The standard InChI is InChI=1S/C35H36N4O5/c1-38(23-24-10-4-3-5-11-24)33(41)30(21-25-17-18-26-12-6-7-13-27(26)20-25)37-32(40)31-16-9-19-39(31)35(43)36-29-15-8-14-28(22-29)34(42)44-2/h3-8,10-15,17-18,20,22,30-31H,9,16,19,21,23H2,1-2H3,(H,36,43)(H,37,40)/t30-,31-/m0/s1. The molecular weight excluding hydrogens is 556 g/mol. The molecule has 226 valence electrons. The van der Waals surface area contributed by atoms with Crippen molar-refractivity contribution in [3.8, 4) is 0 Å². The number of methoxy groups -OCH3 is 1. The molecule has 44 heavy (non-hydrogen) atoms. The lowest BCUT2D eigenvalue weighted by molar-refractivity contribution is -0.136. The van der Waals surface area contributed by atoms with Gasteiger partial charge in [0.15, 0.2) is 0 Å². The Morgan fingerprint density at radius 1 is 0.886 bits per heavy atom. The number of fused-ring (bicyclic) bond motifs is 1. The van der Waals surface area contributed by atoms with Crippen LogP contribution in [0.2, 0.25) is 0 Å². The molecular formula is C35H36N4O5. The Labute approximate surface area is 256 Å². The Hall–Kier alpha value is -5.18. The summed E-state index contributed by atoms with van der Waals surface area (Å²) < 4.78 is 4.77. The highest BCUT2D eigenvalue weighted by Gasteiger charge is 2.36.